The SMILES string of the molecule is Cc1ccc(SC(C)CO)c(CO)c1. The lowest BCUT2D eigenvalue weighted by atomic mass is 10.1. The van der Waals surface area contributed by atoms with Crippen molar-refractivity contribution in [2.45, 2.75) is 30.6 Å². The molecule has 14 heavy (non-hydrogen) atoms. The largest absolute Gasteiger partial charge is 0.395 e. The van der Waals surface area contributed by atoms with Crippen LogP contribution < -0.4 is 0 Å². The smallest absolute Gasteiger partial charge is 0.0692 e. The molecule has 0 bridgehead atoms. The maximum absolute atomic E-state index is 9.15. The Morgan fingerprint density at radius 1 is 1.36 bits per heavy atom. The zero-order valence-corrected chi connectivity index (χ0v) is 9.34. The number of benzene rings is 1. The van der Waals surface area contributed by atoms with E-state index in [1.165, 1.54) is 0 Å². The number of rotatable bonds is 4. The molecule has 0 spiro atoms. The van der Waals surface area contributed by atoms with E-state index in [0.717, 1.165) is 16.0 Å². The molecule has 0 aliphatic heterocycles. The summed E-state index contributed by atoms with van der Waals surface area (Å²) in [6, 6.07) is 6.00. The topological polar surface area (TPSA) is 40.5 Å². The summed E-state index contributed by atoms with van der Waals surface area (Å²) in [5.74, 6) is 0. The molecule has 2 N–H and O–H groups in total. The maximum Gasteiger partial charge on any atom is 0.0692 e. The lowest BCUT2D eigenvalue weighted by Gasteiger charge is -2.11. The number of aliphatic hydroxyl groups excluding tert-OH is 2. The molecule has 3 heteroatoms. The van der Waals surface area contributed by atoms with Crippen LogP contribution in [0.1, 0.15) is 18.1 Å². The van der Waals surface area contributed by atoms with Crippen LogP contribution in [-0.2, 0) is 6.61 Å². The second-order valence-corrected chi connectivity index (χ2v) is 4.86. The van der Waals surface area contributed by atoms with Gasteiger partial charge in [-0.25, -0.2) is 0 Å². The van der Waals surface area contributed by atoms with Crippen LogP contribution in [0.3, 0.4) is 0 Å². The molecule has 0 radical (unpaired) electrons. The molecule has 0 saturated heterocycles. The molecule has 78 valence electrons. The molecule has 1 aromatic carbocycles. The molecular formula is C11H16O2S. The Morgan fingerprint density at radius 3 is 2.64 bits per heavy atom. The van der Waals surface area contributed by atoms with E-state index in [-0.39, 0.29) is 18.5 Å². The molecule has 0 aliphatic rings. The second-order valence-electron chi connectivity index (χ2n) is 3.38. The van der Waals surface area contributed by atoms with Gasteiger partial charge in [0, 0.05) is 10.1 Å². The van der Waals surface area contributed by atoms with E-state index in [2.05, 4.69) is 0 Å². The van der Waals surface area contributed by atoms with E-state index in [1.54, 1.807) is 11.8 Å². The molecule has 1 rings (SSSR count). The fraction of sp³-hybridized carbons (Fsp3) is 0.455. The van der Waals surface area contributed by atoms with Gasteiger partial charge >= 0.3 is 0 Å². The fourth-order valence-corrected chi connectivity index (χ4v) is 2.13. The maximum atomic E-state index is 9.15. The van der Waals surface area contributed by atoms with Crippen molar-refractivity contribution < 1.29 is 10.2 Å². The van der Waals surface area contributed by atoms with E-state index in [1.807, 2.05) is 32.0 Å². The summed E-state index contributed by atoms with van der Waals surface area (Å²) in [4.78, 5) is 1.06. The Balaban J connectivity index is 2.85. The van der Waals surface area contributed by atoms with Gasteiger partial charge in [-0.3, -0.25) is 0 Å². The minimum absolute atomic E-state index is 0.0577. The quantitative estimate of drug-likeness (QED) is 0.750. The predicted octanol–water partition coefficient (Wildman–Crippen LogP) is 1.96. The minimum Gasteiger partial charge on any atom is -0.395 e. The Morgan fingerprint density at radius 2 is 2.07 bits per heavy atom. The van der Waals surface area contributed by atoms with Crippen LogP contribution in [0.25, 0.3) is 0 Å². The van der Waals surface area contributed by atoms with Gasteiger partial charge in [-0.05, 0) is 18.6 Å². The fourth-order valence-electron chi connectivity index (χ4n) is 1.20. The lowest BCUT2D eigenvalue weighted by molar-refractivity contribution is 0.278. The zero-order chi connectivity index (χ0) is 10.6. The Labute approximate surface area is 89.0 Å². The molecule has 1 atom stereocenters. The van der Waals surface area contributed by atoms with Crippen molar-refractivity contribution in [3.63, 3.8) is 0 Å². The first-order chi connectivity index (χ1) is 6.67. The summed E-state index contributed by atoms with van der Waals surface area (Å²) >= 11 is 1.59. The van der Waals surface area contributed by atoms with Gasteiger partial charge in [-0.2, -0.15) is 0 Å². The predicted molar refractivity (Wildman–Crippen MR) is 59.5 cm³/mol. The van der Waals surface area contributed by atoms with E-state index in [4.69, 9.17) is 10.2 Å². The summed E-state index contributed by atoms with van der Waals surface area (Å²) in [5, 5.41) is 18.3. The van der Waals surface area contributed by atoms with Crippen molar-refractivity contribution in [3.8, 4) is 0 Å². The number of aryl methyl sites for hydroxylation is 1. The molecule has 0 amide bonds. The van der Waals surface area contributed by atoms with Crippen molar-refractivity contribution in [2.24, 2.45) is 0 Å². The summed E-state index contributed by atoms with van der Waals surface area (Å²) in [6.45, 7) is 4.18. The van der Waals surface area contributed by atoms with E-state index < -0.39 is 0 Å². The first-order valence-corrected chi connectivity index (χ1v) is 5.53. The number of hydrogen-bond donors (Lipinski definition) is 2. The summed E-state index contributed by atoms with van der Waals surface area (Å²) < 4.78 is 0. The molecule has 1 aromatic rings. The summed E-state index contributed by atoms with van der Waals surface area (Å²) in [5.41, 5.74) is 2.09. The third-order valence-corrected chi connectivity index (χ3v) is 3.18. The van der Waals surface area contributed by atoms with Crippen molar-refractivity contribution in [2.75, 3.05) is 6.61 Å². The highest BCUT2D eigenvalue weighted by molar-refractivity contribution is 8.00. The highest BCUT2D eigenvalue weighted by Gasteiger charge is 2.07. The van der Waals surface area contributed by atoms with Crippen molar-refractivity contribution >= 4 is 11.8 Å². The van der Waals surface area contributed by atoms with Crippen LogP contribution in [-0.4, -0.2) is 22.1 Å². The molecule has 1 unspecified atom stereocenters. The van der Waals surface area contributed by atoms with Crippen LogP contribution in [0.4, 0.5) is 0 Å². The van der Waals surface area contributed by atoms with Gasteiger partial charge in [0.2, 0.25) is 0 Å². The van der Waals surface area contributed by atoms with Gasteiger partial charge in [-0.15, -0.1) is 11.8 Å². The average Bonchev–Trinajstić information content (AvgIpc) is 2.20. The van der Waals surface area contributed by atoms with E-state index >= 15 is 0 Å². The van der Waals surface area contributed by atoms with Crippen LogP contribution in [0.15, 0.2) is 23.1 Å². The van der Waals surface area contributed by atoms with Crippen LogP contribution in [0, 0.1) is 6.92 Å². The monoisotopic (exact) mass is 212 g/mol. The molecular weight excluding hydrogens is 196 g/mol. The van der Waals surface area contributed by atoms with Gasteiger partial charge in [-0.1, -0.05) is 24.6 Å². The van der Waals surface area contributed by atoms with Gasteiger partial charge in [0.15, 0.2) is 0 Å². The molecule has 0 saturated carbocycles. The summed E-state index contributed by atoms with van der Waals surface area (Å²) in [6.07, 6.45) is 0. The van der Waals surface area contributed by atoms with Crippen LogP contribution >= 0.6 is 11.8 Å². The molecule has 2 nitrogen and oxygen atoms in total. The minimum atomic E-state index is 0.0577. The number of thioether (sulfide) groups is 1. The Kier molecular flexibility index (Phi) is 4.45. The van der Waals surface area contributed by atoms with E-state index in [0.29, 0.717) is 0 Å². The zero-order valence-electron chi connectivity index (χ0n) is 8.53. The van der Waals surface area contributed by atoms with Gasteiger partial charge in [0.25, 0.3) is 0 Å². The van der Waals surface area contributed by atoms with E-state index in [9.17, 15) is 0 Å². The average molecular weight is 212 g/mol. The van der Waals surface area contributed by atoms with Gasteiger partial charge in [0.1, 0.15) is 0 Å². The highest BCUT2D eigenvalue weighted by atomic mass is 32.2. The van der Waals surface area contributed by atoms with Crippen molar-refractivity contribution in [1.82, 2.24) is 0 Å². The number of hydrogen-bond acceptors (Lipinski definition) is 3. The molecule has 0 aromatic heterocycles. The first-order valence-electron chi connectivity index (χ1n) is 4.65. The lowest BCUT2D eigenvalue weighted by Crippen LogP contribution is -2.02. The Hall–Kier alpha value is -0.510. The third kappa shape index (κ3) is 3.01. The second kappa shape index (κ2) is 5.39. The van der Waals surface area contributed by atoms with Crippen molar-refractivity contribution in [3.05, 3.63) is 29.3 Å². The van der Waals surface area contributed by atoms with Crippen molar-refractivity contribution in [1.29, 1.82) is 0 Å². The summed E-state index contributed by atoms with van der Waals surface area (Å²) in [7, 11) is 0. The van der Waals surface area contributed by atoms with Crippen LogP contribution in [0.5, 0.6) is 0 Å². The normalized spacial score (nSPS) is 12.9. The van der Waals surface area contributed by atoms with Gasteiger partial charge < -0.3 is 10.2 Å². The standard InChI is InChI=1S/C11H16O2S/c1-8-3-4-11(10(5-8)7-13)14-9(2)6-12/h3-5,9,12-13H,6-7H2,1-2H3. The first kappa shape index (κ1) is 11.6. The third-order valence-electron chi connectivity index (χ3n) is 1.97. The van der Waals surface area contributed by atoms with Crippen LogP contribution in [0.2, 0.25) is 0 Å². The number of aliphatic hydroxyl groups is 2. The molecule has 0 fully saturated rings. The Bertz CT molecular complexity index is 299. The highest BCUT2D eigenvalue weighted by Crippen LogP contribution is 2.27. The van der Waals surface area contributed by atoms with Gasteiger partial charge in [0.05, 0.1) is 13.2 Å². The molecule has 0 heterocycles. The molecule has 0 aliphatic carbocycles.